The molecule has 16 heavy (non-hydrogen) atoms. The predicted octanol–water partition coefficient (Wildman–Crippen LogP) is 4.57. The van der Waals surface area contributed by atoms with E-state index >= 15 is 0 Å². The van der Waals surface area contributed by atoms with Gasteiger partial charge in [-0.05, 0) is 35.4 Å². The molecule has 0 aliphatic heterocycles. The van der Waals surface area contributed by atoms with E-state index in [0.717, 1.165) is 0 Å². The van der Waals surface area contributed by atoms with Gasteiger partial charge in [0.15, 0.2) is 0 Å². The molecule has 1 heteroatoms. The molecule has 0 saturated heterocycles. The fraction of sp³-hybridized carbons (Fsp3) is 0.600. The lowest BCUT2D eigenvalue weighted by Crippen LogP contribution is -2.15. The van der Waals surface area contributed by atoms with Crippen molar-refractivity contribution in [1.82, 2.24) is 0 Å². The third kappa shape index (κ3) is 3.26. The van der Waals surface area contributed by atoms with Crippen molar-refractivity contribution in [2.45, 2.75) is 46.5 Å². The van der Waals surface area contributed by atoms with Crippen LogP contribution in [0, 0.1) is 11.8 Å². The Morgan fingerprint density at radius 3 is 2.06 bits per heavy atom. The quantitative estimate of drug-likeness (QED) is 0.770. The first kappa shape index (κ1) is 13.1. The maximum absolute atomic E-state index is 9.32. The summed E-state index contributed by atoms with van der Waals surface area (Å²) in [4.78, 5) is 0. The third-order valence-corrected chi connectivity index (χ3v) is 3.35. The number of phenolic OH excluding ortho intramolecular Hbond substituents is 1. The average Bonchev–Trinajstić information content (AvgIpc) is 2.21. The minimum atomic E-state index is 0.356. The van der Waals surface area contributed by atoms with Crippen LogP contribution in [0.2, 0.25) is 0 Å². The summed E-state index contributed by atoms with van der Waals surface area (Å²) in [7, 11) is 0. The smallest absolute Gasteiger partial charge is 0.115 e. The Bertz CT molecular complexity index is 300. The summed E-state index contributed by atoms with van der Waals surface area (Å²) in [6.07, 6.45) is 2.51. The highest BCUT2D eigenvalue weighted by Gasteiger charge is 2.21. The summed E-state index contributed by atoms with van der Waals surface area (Å²) in [5.74, 6) is 2.30. The molecular weight excluding hydrogens is 196 g/mol. The zero-order valence-electron chi connectivity index (χ0n) is 10.9. The Hall–Kier alpha value is -0.980. The Morgan fingerprint density at radius 1 is 1.06 bits per heavy atom. The topological polar surface area (TPSA) is 20.2 Å². The van der Waals surface area contributed by atoms with Crippen LogP contribution in [0.3, 0.4) is 0 Å². The molecule has 0 bridgehead atoms. The van der Waals surface area contributed by atoms with Crippen LogP contribution >= 0.6 is 0 Å². The van der Waals surface area contributed by atoms with Crippen LogP contribution in [0.5, 0.6) is 5.75 Å². The summed E-state index contributed by atoms with van der Waals surface area (Å²) < 4.78 is 0. The summed E-state index contributed by atoms with van der Waals surface area (Å²) in [5.41, 5.74) is 1.36. The van der Waals surface area contributed by atoms with Gasteiger partial charge in [0.25, 0.3) is 0 Å². The lowest BCUT2D eigenvalue weighted by molar-refractivity contribution is 0.343. The molecule has 1 N–H and O–H groups in total. The Morgan fingerprint density at radius 2 is 1.62 bits per heavy atom. The lowest BCUT2D eigenvalue weighted by atomic mass is 9.77. The SMILES string of the molecule is CCCC(C)C(c1ccc(O)cc1)C(C)C. The van der Waals surface area contributed by atoms with E-state index in [1.807, 2.05) is 0 Å². The monoisotopic (exact) mass is 220 g/mol. The standard InChI is InChI=1S/C15H24O/c1-5-6-12(4)15(11(2)3)13-7-9-14(16)10-8-13/h7-12,15-16H,5-6H2,1-4H3. The van der Waals surface area contributed by atoms with Gasteiger partial charge in [0.1, 0.15) is 5.75 Å². The molecule has 0 heterocycles. The van der Waals surface area contributed by atoms with Crippen molar-refractivity contribution < 1.29 is 5.11 Å². The Labute approximate surface area is 99.5 Å². The van der Waals surface area contributed by atoms with Crippen molar-refractivity contribution in [3.8, 4) is 5.75 Å². The fourth-order valence-electron chi connectivity index (χ4n) is 2.70. The first-order chi connectivity index (χ1) is 7.56. The molecular formula is C15H24O. The minimum absolute atomic E-state index is 0.356. The van der Waals surface area contributed by atoms with Gasteiger partial charge in [-0.2, -0.15) is 0 Å². The molecule has 1 nitrogen and oxygen atoms in total. The molecule has 0 fully saturated rings. The number of hydrogen-bond acceptors (Lipinski definition) is 1. The van der Waals surface area contributed by atoms with Gasteiger partial charge in [-0.15, -0.1) is 0 Å². The van der Waals surface area contributed by atoms with Crippen LogP contribution in [0.4, 0.5) is 0 Å². The molecule has 0 aliphatic rings. The van der Waals surface area contributed by atoms with Crippen LogP contribution in [0.25, 0.3) is 0 Å². The zero-order valence-corrected chi connectivity index (χ0v) is 10.9. The fourth-order valence-corrected chi connectivity index (χ4v) is 2.70. The second-order valence-electron chi connectivity index (χ2n) is 5.13. The van der Waals surface area contributed by atoms with E-state index in [4.69, 9.17) is 0 Å². The first-order valence-corrected chi connectivity index (χ1v) is 6.35. The highest BCUT2D eigenvalue weighted by atomic mass is 16.3. The van der Waals surface area contributed by atoms with E-state index in [1.54, 1.807) is 12.1 Å². The van der Waals surface area contributed by atoms with Crippen LogP contribution in [-0.2, 0) is 0 Å². The van der Waals surface area contributed by atoms with Gasteiger partial charge in [0, 0.05) is 0 Å². The molecule has 0 radical (unpaired) electrons. The van der Waals surface area contributed by atoms with Gasteiger partial charge in [0.05, 0.1) is 0 Å². The molecule has 1 aromatic rings. The molecule has 0 spiro atoms. The predicted molar refractivity (Wildman–Crippen MR) is 69.8 cm³/mol. The number of phenols is 1. The largest absolute Gasteiger partial charge is 0.508 e. The number of hydrogen-bond donors (Lipinski definition) is 1. The molecule has 0 amide bonds. The maximum atomic E-state index is 9.32. The van der Waals surface area contributed by atoms with Gasteiger partial charge in [-0.1, -0.05) is 52.7 Å². The van der Waals surface area contributed by atoms with Crippen LogP contribution < -0.4 is 0 Å². The maximum Gasteiger partial charge on any atom is 0.115 e. The van der Waals surface area contributed by atoms with Gasteiger partial charge in [-0.25, -0.2) is 0 Å². The third-order valence-electron chi connectivity index (χ3n) is 3.35. The summed E-state index contributed by atoms with van der Waals surface area (Å²) in [5, 5.41) is 9.32. The normalized spacial score (nSPS) is 15.1. The van der Waals surface area contributed by atoms with Crippen molar-refractivity contribution in [3.63, 3.8) is 0 Å². The summed E-state index contributed by atoms with van der Waals surface area (Å²) >= 11 is 0. The Balaban J connectivity index is 2.89. The van der Waals surface area contributed by atoms with E-state index in [-0.39, 0.29) is 0 Å². The van der Waals surface area contributed by atoms with Gasteiger partial charge < -0.3 is 5.11 Å². The minimum Gasteiger partial charge on any atom is -0.508 e. The molecule has 90 valence electrons. The van der Waals surface area contributed by atoms with Crippen molar-refractivity contribution in [3.05, 3.63) is 29.8 Å². The second-order valence-corrected chi connectivity index (χ2v) is 5.13. The van der Waals surface area contributed by atoms with Crippen LogP contribution in [-0.4, -0.2) is 5.11 Å². The van der Waals surface area contributed by atoms with Crippen LogP contribution in [0.15, 0.2) is 24.3 Å². The Kier molecular flexibility index (Phi) is 4.85. The zero-order chi connectivity index (χ0) is 12.1. The second kappa shape index (κ2) is 5.93. The van der Waals surface area contributed by atoms with E-state index in [0.29, 0.717) is 23.5 Å². The molecule has 2 atom stereocenters. The van der Waals surface area contributed by atoms with Crippen LogP contribution in [0.1, 0.15) is 52.0 Å². The van der Waals surface area contributed by atoms with Gasteiger partial charge >= 0.3 is 0 Å². The highest BCUT2D eigenvalue weighted by molar-refractivity contribution is 5.29. The number of aromatic hydroxyl groups is 1. The van der Waals surface area contributed by atoms with E-state index in [2.05, 4.69) is 39.8 Å². The molecule has 1 rings (SSSR count). The lowest BCUT2D eigenvalue weighted by Gasteiger charge is -2.28. The molecule has 0 aliphatic carbocycles. The van der Waals surface area contributed by atoms with Crippen molar-refractivity contribution >= 4 is 0 Å². The highest BCUT2D eigenvalue weighted by Crippen LogP contribution is 2.34. The molecule has 0 saturated carbocycles. The van der Waals surface area contributed by atoms with E-state index in [9.17, 15) is 5.11 Å². The van der Waals surface area contributed by atoms with Gasteiger partial charge in [-0.3, -0.25) is 0 Å². The van der Waals surface area contributed by atoms with Crippen molar-refractivity contribution in [2.24, 2.45) is 11.8 Å². The van der Waals surface area contributed by atoms with Crippen molar-refractivity contribution in [1.29, 1.82) is 0 Å². The number of benzene rings is 1. The summed E-state index contributed by atoms with van der Waals surface area (Å²) in [6.45, 7) is 9.14. The molecule has 2 unspecified atom stereocenters. The summed E-state index contributed by atoms with van der Waals surface area (Å²) in [6, 6.07) is 7.71. The average molecular weight is 220 g/mol. The van der Waals surface area contributed by atoms with E-state index in [1.165, 1.54) is 18.4 Å². The van der Waals surface area contributed by atoms with Gasteiger partial charge in [0.2, 0.25) is 0 Å². The molecule has 1 aromatic carbocycles. The first-order valence-electron chi connectivity index (χ1n) is 6.35. The number of rotatable bonds is 5. The van der Waals surface area contributed by atoms with E-state index < -0.39 is 0 Å². The molecule has 0 aromatic heterocycles. The van der Waals surface area contributed by atoms with Crippen molar-refractivity contribution in [2.75, 3.05) is 0 Å².